The predicted octanol–water partition coefficient (Wildman–Crippen LogP) is 2.22. The summed E-state index contributed by atoms with van der Waals surface area (Å²) in [5, 5.41) is 21.1. The second-order valence-electron chi connectivity index (χ2n) is 4.01. The van der Waals surface area contributed by atoms with Gasteiger partial charge in [0.1, 0.15) is 18.0 Å². The third-order valence-electron chi connectivity index (χ3n) is 2.65. The molecule has 1 aromatic heterocycles. The van der Waals surface area contributed by atoms with Gasteiger partial charge in [-0.05, 0) is 24.6 Å². The number of aromatic amines is 1. The number of aromatic nitrogens is 3. The molecule has 106 valence electrons. The van der Waals surface area contributed by atoms with Crippen LogP contribution in [0.25, 0.3) is 0 Å². The summed E-state index contributed by atoms with van der Waals surface area (Å²) in [6.45, 7) is 1.78. The molecular formula is C13H11ClN6O. The summed E-state index contributed by atoms with van der Waals surface area (Å²) < 4.78 is 0. The molecule has 2 rings (SSSR count). The minimum atomic E-state index is -0.546. The average molecular weight is 303 g/mol. The van der Waals surface area contributed by atoms with E-state index >= 15 is 0 Å². The number of carbonyl (C=O) groups excluding carboxylic acids is 1. The standard InChI is InChI=1S/C13H11ClN6O/c1-8-10(14)3-2-4-11(8)19-12(21)9(5-15)6-16-13-17-7-18-20-13/h2-4,6-7H,1H3,(H,19,21)(H2,16,17,18,20)/b9-6-. The molecule has 0 spiro atoms. The van der Waals surface area contributed by atoms with Gasteiger partial charge in [0.15, 0.2) is 0 Å². The van der Waals surface area contributed by atoms with E-state index in [2.05, 4.69) is 25.8 Å². The van der Waals surface area contributed by atoms with E-state index in [1.54, 1.807) is 25.1 Å². The predicted molar refractivity (Wildman–Crippen MR) is 78.5 cm³/mol. The molecule has 0 unspecified atom stereocenters. The van der Waals surface area contributed by atoms with Gasteiger partial charge < -0.3 is 10.6 Å². The number of halogens is 1. The van der Waals surface area contributed by atoms with E-state index in [0.717, 1.165) is 5.56 Å². The SMILES string of the molecule is Cc1c(Cl)cccc1NC(=O)/C(C#N)=C\Nc1ncn[nH]1. The Morgan fingerprint density at radius 1 is 1.52 bits per heavy atom. The highest BCUT2D eigenvalue weighted by Crippen LogP contribution is 2.23. The monoisotopic (exact) mass is 302 g/mol. The van der Waals surface area contributed by atoms with Gasteiger partial charge >= 0.3 is 0 Å². The quantitative estimate of drug-likeness (QED) is 0.593. The van der Waals surface area contributed by atoms with Gasteiger partial charge in [0.05, 0.1) is 0 Å². The number of anilines is 2. The smallest absolute Gasteiger partial charge is 0.267 e. The highest BCUT2D eigenvalue weighted by molar-refractivity contribution is 6.31. The average Bonchev–Trinajstić information content (AvgIpc) is 2.98. The van der Waals surface area contributed by atoms with E-state index in [4.69, 9.17) is 16.9 Å². The van der Waals surface area contributed by atoms with Crippen molar-refractivity contribution in [1.29, 1.82) is 5.26 Å². The second kappa shape index (κ2) is 6.54. The molecule has 21 heavy (non-hydrogen) atoms. The number of hydrogen-bond donors (Lipinski definition) is 3. The number of nitrogens with one attached hydrogen (secondary N) is 3. The molecule has 7 nitrogen and oxygen atoms in total. The summed E-state index contributed by atoms with van der Waals surface area (Å²) >= 11 is 5.98. The van der Waals surface area contributed by atoms with Gasteiger partial charge in [0, 0.05) is 16.9 Å². The van der Waals surface area contributed by atoms with Crippen LogP contribution in [0.15, 0.2) is 36.3 Å². The number of nitrogens with zero attached hydrogens (tertiary/aromatic N) is 3. The van der Waals surface area contributed by atoms with Gasteiger partial charge in [-0.15, -0.1) is 0 Å². The fourth-order valence-electron chi connectivity index (χ4n) is 1.50. The Morgan fingerprint density at radius 2 is 2.33 bits per heavy atom. The number of nitriles is 1. The van der Waals surface area contributed by atoms with E-state index in [0.29, 0.717) is 16.7 Å². The largest absolute Gasteiger partial charge is 0.330 e. The van der Waals surface area contributed by atoms with Crippen molar-refractivity contribution in [1.82, 2.24) is 15.2 Å². The van der Waals surface area contributed by atoms with Crippen molar-refractivity contribution in [2.24, 2.45) is 0 Å². The molecule has 0 aliphatic carbocycles. The van der Waals surface area contributed by atoms with E-state index in [-0.39, 0.29) is 5.57 Å². The van der Waals surface area contributed by atoms with Crippen molar-refractivity contribution in [3.8, 4) is 6.07 Å². The molecule has 0 radical (unpaired) electrons. The van der Waals surface area contributed by atoms with Crippen LogP contribution in [0, 0.1) is 18.3 Å². The number of carbonyl (C=O) groups is 1. The van der Waals surface area contributed by atoms with Gasteiger partial charge in [-0.1, -0.05) is 17.7 Å². The zero-order chi connectivity index (χ0) is 15.2. The van der Waals surface area contributed by atoms with Gasteiger partial charge in [0.2, 0.25) is 5.95 Å². The Morgan fingerprint density at radius 3 is 3.00 bits per heavy atom. The number of amides is 1. The minimum absolute atomic E-state index is 0.106. The molecule has 1 aromatic carbocycles. The molecular weight excluding hydrogens is 292 g/mol. The molecule has 2 aromatic rings. The van der Waals surface area contributed by atoms with Gasteiger partial charge in [-0.2, -0.15) is 15.3 Å². The summed E-state index contributed by atoms with van der Waals surface area (Å²) in [5.74, 6) is -0.218. The number of benzene rings is 1. The summed E-state index contributed by atoms with van der Waals surface area (Å²) in [7, 11) is 0. The van der Waals surface area contributed by atoms with Crippen LogP contribution in [-0.2, 0) is 4.79 Å². The number of rotatable bonds is 4. The highest BCUT2D eigenvalue weighted by atomic mass is 35.5. The summed E-state index contributed by atoms with van der Waals surface area (Å²) in [6, 6.07) is 6.95. The topological polar surface area (TPSA) is 106 Å². The molecule has 1 heterocycles. The Balaban J connectivity index is 2.12. The lowest BCUT2D eigenvalue weighted by Gasteiger charge is -2.08. The van der Waals surface area contributed by atoms with Crippen LogP contribution in [0.2, 0.25) is 5.02 Å². The molecule has 0 aliphatic heterocycles. The molecule has 0 fully saturated rings. The maximum atomic E-state index is 12.0. The molecule has 1 amide bonds. The first-order valence-electron chi connectivity index (χ1n) is 5.90. The van der Waals surface area contributed by atoms with Crippen molar-refractivity contribution in [3.05, 3.63) is 46.9 Å². The zero-order valence-corrected chi connectivity index (χ0v) is 11.8. The van der Waals surface area contributed by atoms with Crippen molar-refractivity contribution in [2.75, 3.05) is 10.6 Å². The Hall–Kier alpha value is -2.85. The van der Waals surface area contributed by atoms with Crippen LogP contribution < -0.4 is 10.6 Å². The third-order valence-corrected chi connectivity index (χ3v) is 3.06. The van der Waals surface area contributed by atoms with Crippen LogP contribution in [0.3, 0.4) is 0 Å². The summed E-state index contributed by atoms with van der Waals surface area (Å²) in [4.78, 5) is 15.8. The van der Waals surface area contributed by atoms with Crippen molar-refractivity contribution in [3.63, 3.8) is 0 Å². The van der Waals surface area contributed by atoms with Crippen LogP contribution >= 0.6 is 11.6 Å². The van der Waals surface area contributed by atoms with E-state index in [9.17, 15) is 4.79 Å². The molecule has 0 saturated heterocycles. The van der Waals surface area contributed by atoms with E-state index in [1.807, 2.05) is 6.07 Å². The fraction of sp³-hybridized carbons (Fsp3) is 0.0769. The summed E-state index contributed by atoms with van der Waals surface area (Å²) in [5.41, 5.74) is 1.17. The van der Waals surface area contributed by atoms with E-state index in [1.165, 1.54) is 12.5 Å². The lowest BCUT2D eigenvalue weighted by molar-refractivity contribution is -0.112. The maximum Gasteiger partial charge on any atom is 0.267 e. The first-order valence-corrected chi connectivity index (χ1v) is 6.28. The maximum absolute atomic E-state index is 12.0. The van der Waals surface area contributed by atoms with Crippen LogP contribution in [-0.4, -0.2) is 21.1 Å². The van der Waals surface area contributed by atoms with E-state index < -0.39 is 5.91 Å². The lowest BCUT2D eigenvalue weighted by Crippen LogP contribution is -2.15. The van der Waals surface area contributed by atoms with Crippen LogP contribution in [0.4, 0.5) is 11.6 Å². The molecule has 0 saturated carbocycles. The highest BCUT2D eigenvalue weighted by Gasteiger charge is 2.11. The molecule has 3 N–H and O–H groups in total. The molecule has 8 heteroatoms. The summed E-state index contributed by atoms with van der Waals surface area (Å²) in [6.07, 6.45) is 2.55. The van der Waals surface area contributed by atoms with Crippen molar-refractivity contribution < 1.29 is 4.79 Å². The third kappa shape index (κ3) is 3.58. The molecule has 0 atom stereocenters. The molecule has 0 aliphatic rings. The lowest BCUT2D eigenvalue weighted by atomic mass is 10.2. The Labute approximate surface area is 125 Å². The normalized spacial score (nSPS) is 10.8. The molecule has 0 bridgehead atoms. The minimum Gasteiger partial charge on any atom is -0.330 e. The Bertz CT molecular complexity index is 717. The van der Waals surface area contributed by atoms with Crippen LogP contribution in [0.1, 0.15) is 5.56 Å². The second-order valence-corrected chi connectivity index (χ2v) is 4.42. The number of hydrogen-bond acceptors (Lipinski definition) is 5. The zero-order valence-electron chi connectivity index (χ0n) is 11.0. The number of H-pyrrole nitrogens is 1. The van der Waals surface area contributed by atoms with Gasteiger partial charge in [-0.25, -0.2) is 5.10 Å². The van der Waals surface area contributed by atoms with Gasteiger partial charge in [0.25, 0.3) is 5.91 Å². The van der Waals surface area contributed by atoms with Crippen LogP contribution in [0.5, 0.6) is 0 Å². The first-order chi connectivity index (χ1) is 10.1. The Kier molecular flexibility index (Phi) is 4.53. The van der Waals surface area contributed by atoms with Gasteiger partial charge in [-0.3, -0.25) is 4.79 Å². The van der Waals surface area contributed by atoms with Crippen molar-refractivity contribution >= 4 is 29.1 Å². The fourth-order valence-corrected chi connectivity index (χ4v) is 1.67. The first kappa shape index (κ1) is 14.6. The van der Waals surface area contributed by atoms with Crippen molar-refractivity contribution in [2.45, 2.75) is 6.92 Å².